The Morgan fingerprint density at radius 1 is 0.889 bits per heavy atom. The molecule has 0 spiro atoms. The van der Waals surface area contributed by atoms with Crippen molar-refractivity contribution in [2.75, 3.05) is 0 Å². The summed E-state index contributed by atoms with van der Waals surface area (Å²) in [5.41, 5.74) is 3.29. The molecule has 88 valence electrons. The van der Waals surface area contributed by atoms with Gasteiger partial charge >= 0.3 is 0 Å². The van der Waals surface area contributed by atoms with E-state index in [1.54, 1.807) is 0 Å². The number of hydrogen-bond acceptors (Lipinski definition) is 1. The highest BCUT2D eigenvalue weighted by Crippen LogP contribution is 2.19. The largest absolute Gasteiger partial charge is 0.252 e. The Labute approximate surface area is 111 Å². The van der Waals surface area contributed by atoms with E-state index in [4.69, 9.17) is 11.6 Å². The van der Waals surface area contributed by atoms with Crippen LogP contribution in [0.4, 0.5) is 0 Å². The molecule has 2 heteroatoms. The van der Waals surface area contributed by atoms with Crippen molar-refractivity contribution in [1.29, 1.82) is 0 Å². The van der Waals surface area contributed by atoms with Crippen molar-refractivity contribution in [3.63, 3.8) is 0 Å². The van der Waals surface area contributed by atoms with Crippen LogP contribution in [0.1, 0.15) is 11.3 Å². The van der Waals surface area contributed by atoms with Crippen molar-refractivity contribution >= 4 is 22.5 Å². The molecule has 1 nitrogen and oxygen atoms in total. The molecular weight excluding hydrogens is 242 g/mol. The molecule has 0 amide bonds. The van der Waals surface area contributed by atoms with Crippen LogP contribution in [0, 0.1) is 0 Å². The Balaban J connectivity index is 1.98. The second-order valence-electron chi connectivity index (χ2n) is 4.30. The van der Waals surface area contributed by atoms with Crippen molar-refractivity contribution < 1.29 is 0 Å². The van der Waals surface area contributed by atoms with Crippen molar-refractivity contribution in [2.24, 2.45) is 0 Å². The Hall–Kier alpha value is -1.86. The van der Waals surface area contributed by atoms with Gasteiger partial charge in [0.15, 0.2) is 0 Å². The molecule has 0 aliphatic heterocycles. The maximum atomic E-state index is 5.99. The van der Waals surface area contributed by atoms with Gasteiger partial charge in [-0.2, -0.15) is 0 Å². The van der Waals surface area contributed by atoms with Crippen molar-refractivity contribution in [3.8, 4) is 0 Å². The van der Waals surface area contributed by atoms with Crippen LogP contribution in [0.3, 0.4) is 0 Å². The van der Waals surface area contributed by atoms with Gasteiger partial charge in [-0.25, -0.2) is 0 Å². The molecule has 0 fully saturated rings. The molecule has 2 aromatic carbocycles. The molecule has 0 unspecified atom stereocenters. The fourth-order valence-corrected chi connectivity index (χ4v) is 2.20. The first-order valence-electron chi connectivity index (χ1n) is 5.90. The number of pyridine rings is 1. The maximum Gasteiger partial charge on any atom is 0.0720 e. The van der Waals surface area contributed by atoms with E-state index in [-0.39, 0.29) is 0 Å². The standard InChI is InChI=1S/C16H12ClN/c17-14-8-6-13-7-9-15(18-16(13)11-14)10-12-4-2-1-3-5-12/h1-9,11H,10H2. The lowest BCUT2D eigenvalue weighted by Gasteiger charge is -2.03. The van der Waals surface area contributed by atoms with Gasteiger partial charge in [-0.15, -0.1) is 0 Å². The highest BCUT2D eigenvalue weighted by atomic mass is 35.5. The molecule has 3 aromatic rings. The smallest absolute Gasteiger partial charge is 0.0720 e. The lowest BCUT2D eigenvalue weighted by atomic mass is 10.1. The summed E-state index contributed by atoms with van der Waals surface area (Å²) in [4.78, 5) is 4.65. The summed E-state index contributed by atoms with van der Waals surface area (Å²) in [6.07, 6.45) is 0.850. The van der Waals surface area contributed by atoms with Gasteiger partial charge in [-0.3, -0.25) is 4.98 Å². The number of fused-ring (bicyclic) bond motifs is 1. The van der Waals surface area contributed by atoms with Crippen LogP contribution >= 0.6 is 11.6 Å². The van der Waals surface area contributed by atoms with E-state index in [9.17, 15) is 0 Å². The monoisotopic (exact) mass is 253 g/mol. The van der Waals surface area contributed by atoms with Crippen LogP contribution in [-0.4, -0.2) is 4.98 Å². The molecule has 0 saturated heterocycles. The summed E-state index contributed by atoms with van der Waals surface area (Å²) in [6.45, 7) is 0. The first kappa shape index (κ1) is 11.2. The Kier molecular flexibility index (Phi) is 2.99. The topological polar surface area (TPSA) is 12.9 Å². The van der Waals surface area contributed by atoms with E-state index in [0.29, 0.717) is 0 Å². The molecule has 0 N–H and O–H groups in total. The van der Waals surface area contributed by atoms with E-state index < -0.39 is 0 Å². The van der Waals surface area contributed by atoms with Crippen molar-refractivity contribution in [2.45, 2.75) is 6.42 Å². The van der Waals surface area contributed by atoms with Crippen molar-refractivity contribution in [1.82, 2.24) is 4.98 Å². The highest BCUT2D eigenvalue weighted by molar-refractivity contribution is 6.31. The normalized spacial score (nSPS) is 10.7. The Morgan fingerprint density at radius 3 is 2.50 bits per heavy atom. The number of rotatable bonds is 2. The summed E-state index contributed by atoms with van der Waals surface area (Å²) in [7, 11) is 0. The minimum absolute atomic E-state index is 0.729. The van der Waals surface area contributed by atoms with Crippen LogP contribution in [0.5, 0.6) is 0 Å². The summed E-state index contributed by atoms with van der Waals surface area (Å²) >= 11 is 5.99. The zero-order valence-corrected chi connectivity index (χ0v) is 10.6. The second kappa shape index (κ2) is 4.79. The SMILES string of the molecule is Clc1ccc2ccc(Cc3ccccc3)nc2c1. The molecule has 0 bridgehead atoms. The van der Waals surface area contributed by atoms with Crippen molar-refractivity contribution in [3.05, 3.63) is 76.9 Å². The Morgan fingerprint density at radius 2 is 1.67 bits per heavy atom. The van der Waals surface area contributed by atoms with Crippen LogP contribution < -0.4 is 0 Å². The fraction of sp³-hybridized carbons (Fsp3) is 0.0625. The molecule has 18 heavy (non-hydrogen) atoms. The van der Waals surface area contributed by atoms with Gasteiger partial charge in [0.25, 0.3) is 0 Å². The lowest BCUT2D eigenvalue weighted by molar-refractivity contribution is 1.10. The summed E-state index contributed by atoms with van der Waals surface area (Å²) < 4.78 is 0. The Bertz CT molecular complexity index is 677. The van der Waals surface area contributed by atoms with Gasteiger partial charge in [-0.05, 0) is 23.8 Å². The third kappa shape index (κ3) is 2.36. The second-order valence-corrected chi connectivity index (χ2v) is 4.74. The molecule has 0 atom stereocenters. The first-order valence-corrected chi connectivity index (χ1v) is 6.28. The van der Waals surface area contributed by atoms with E-state index in [0.717, 1.165) is 28.0 Å². The molecule has 1 aromatic heterocycles. The molecule has 0 aliphatic rings. The zero-order chi connectivity index (χ0) is 12.4. The van der Waals surface area contributed by atoms with Gasteiger partial charge in [0.1, 0.15) is 0 Å². The molecule has 0 saturated carbocycles. The average molecular weight is 254 g/mol. The van der Waals surface area contributed by atoms with Crippen LogP contribution in [0.15, 0.2) is 60.7 Å². The van der Waals surface area contributed by atoms with Crippen LogP contribution in [0.2, 0.25) is 5.02 Å². The molecular formula is C16H12ClN. The molecule has 3 rings (SSSR count). The number of benzene rings is 2. The third-order valence-corrected chi connectivity index (χ3v) is 3.17. The maximum absolute atomic E-state index is 5.99. The summed E-state index contributed by atoms with van der Waals surface area (Å²) in [6, 6.07) is 20.3. The molecule has 0 aliphatic carbocycles. The third-order valence-electron chi connectivity index (χ3n) is 2.94. The quantitative estimate of drug-likeness (QED) is 0.656. The minimum Gasteiger partial charge on any atom is -0.252 e. The highest BCUT2D eigenvalue weighted by Gasteiger charge is 2.00. The summed E-state index contributed by atoms with van der Waals surface area (Å²) in [5.74, 6) is 0. The van der Waals surface area contributed by atoms with Gasteiger partial charge in [-0.1, -0.05) is 54.1 Å². The van der Waals surface area contributed by atoms with Gasteiger partial charge < -0.3 is 0 Å². The fourth-order valence-electron chi connectivity index (χ4n) is 2.04. The molecule has 1 heterocycles. The number of aromatic nitrogens is 1. The predicted molar refractivity (Wildman–Crippen MR) is 76.0 cm³/mol. The van der Waals surface area contributed by atoms with Gasteiger partial charge in [0.05, 0.1) is 5.52 Å². The zero-order valence-electron chi connectivity index (χ0n) is 9.81. The van der Waals surface area contributed by atoms with Crippen LogP contribution in [-0.2, 0) is 6.42 Å². The number of nitrogens with zero attached hydrogens (tertiary/aromatic N) is 1. The predicted octanol–water partition coefficient (Wildman–Crippen LogP) is 4.48. The van der Waals surface area contributed by atoms with Gasteiger partial charge in [0, 0.05) is 22.5 Å². The number of halogens is 1. The number of hydrogen-bond donors (Lipinski definition) is 0. The van der Waals surface area contributed by atoms with Crippen LogP contribution in [0.25, 0.3) is 10.9 Å². The average Bonchev–Trinajstić information content (AvgIpc) is 2.39. The van der Waals surface area contributed by atoms with E-state index >= 15 is 0 Å². The van der Waals surface area contributed by atoms with E-state index in [1.807, 2.05) is 36.4 Å². The first-order chi connectivity index (χ1) is 8.81. The summed E-state index contributed by atoms with van der Waals surface area (Å²) in [5, 5.41) is 1.85. The van der Waals surface area contributed by atoms with E-state index in [1.165, 1.54) is 5.56 Å². The minimum atomic E-state index is 0.729. The van der Waals surface area contributed by atoms with Gasteiger partial charge in [0.2, 0.25) is 0 Å². The lowest BCUT2D eigenvalue weighted by Crippen LogP contribution is -1.92. The van der Waals surface area contributed by atoms with E-state index in [2.05, 4.69) is 29.2 Å². The molecule has 0 radical (unpaired) electrons.